The Balaban J connectivity index is 2.38. The van der Waals surface area contributed by atoms with Gasteiger partial charge >= 0.3 is 0 Å². The number of pyridine rings is 2. The number of amides is 1. The van der Waals surface area contributed by atoms with E-state index in [4.69, 9.17) is 11.1 Å². The van der Waals surface area contributed by atoms with Crippen LogP contribution < -0.4 is 5.73 Å². The highest BCUT2D eigenvalue weighted by Crippen LogP contribution is 2.01. The topological polar surface area (TPSA) is 105 Å². The number of carbonyl (C=O) groups is 1. The maximum Gasteiger partial charge on any atom is 0.269 e. The molecule has 0 spiro atoms. The molecule has 0 bridgehead atoms. The summed E-state index contributed by atoms with van der Waals surface area (Å²) >= 11 is 0. The van der Waals surface area contributed by atoms with E-state index in [-0.39, 0.29) is 11.5 Å². The summed E-state index contributed by atoms with van der Waals surface area (Å²) in [6.07, 6.45) is 3.07. The molecule has 0 aliphatic heterocycles. The monoisotopic (exact) mass is 253 g/mol. The van der Waals surface area contributed by atoms with Crippen LogP contribution in [0.4, 0.5) is 0 Å². The fourth-order valence-electron chi connectivity index (χ4n) is 1.41. The van der Waals surface area contributed by atoms with Crippen molar-refractivity contribution in [3.05, 3.63) is 60.2 Å². The van der Waals surface area contributed by atoms with Crippen molar-refractivity contribution < 1.29 is 4.79 Å². The van der Waals surface area contributed by atoms with E-state index in [0.29, 0.717) is 11.4 Å². The minimum atomic E-state index is -0.737. The molecular weight excluding hydrogens is 242 g/mol. The minimum absolute atomic E-state index is 0.0590. The van der Waals surface area contributed by atoms with Crippen LogP contribution in [0.25, 0.3) is 0 Å². The number of hydrogen-bond acceptors (Lipinski definition) is 4. The molecule has 0 radical (unpaired) electrons. The number of rotatable bonds is 3. The molecule has 6 nitrogen and oxygen atoms in total. The van der Waals surface area contributed by atoms with Crippen LogP contribution >= 0.6 is 0 Å². The first-order valence-electron chi connectivity index (χ1n) is 5.48. The number of nitrogens with zero attached hydrogens (tertiary/aromatic N) is 3. The number of aliphatic imine (C=N–C) groups is 1. The van der Waals surface area contributed by atoms with Crippen molar-refractivity contribution >= 4 is 17.5 Å². The van der Waals surface area contributed by atoms with Crippen LogP contribution in [0.5, 0.6) is 0 Å². The van der Waals surface area contributed by atoms with Gasteiger partial charge in [0.2, 0.25) is 0 Å². The maximum absolute atomic E-state index is 11.4. The highest BCUT2D eigenvalue weighted by Gasteiger charge is 2.13. The Hall–Kier alpha value is -2.89. The first-order valence-corrected chi connectivity index (χ1v) is 5.48. The van der Waals surface area contributed by atoms with Crippen LogP contribution in [0.2, 0.25) is 0 Å². The van der Waals surface area contributed by atoms with Crippen LogP contribution in [0.15, 0.2) is 53.8 Å². The molecule has 0 aromatic carbocycles. The summed E-state index contributed by atoms with van der Waals surface area (Å²) in [6.45, 7) is 0. The summed E-state index contributed by atoms with van der Waals surface area (Å²) in [6, 6.07) is 10.1. The third kappa shape index (κ3) is 3.06. The Labute approximate surface area is 109 Å². The molecule has 0 saturated carbocycles. The number of nitrogens with one attached hydrogen (secondary N) is 1. The van der Waals surface area contributed by atoms with Gasteiger partial charge in [0.1, 0.15) is 5.69 Å². The molecule has 0 unspecified atom stereocenters. The molecule has 2 heterocycles. The van der Waals surface area contributed by atoms with Crippen molar-refractivity contribution in [1.82, 2.24) is 9.97 Å². The van der Waals surface area contributed by atoms with Crippen LogP contribution in [0.3, 0.4) is 0 Å². The Bertz CT molecular complexity index is 622. The number of primary amides is 1. The zero-order valence-corrected chi connectivity index (χ0v) is 9.95. The van der Waals surface area contributed by atoms with Gasteiger partial charge in [-0.05, 0) is 24.3 Å². The largest absolute Gasteiger partial charge is 0.364 e. The average Bonchev–Trinajstić information content (AvgIpc) is 2.46. The molecular formula is C13H11N5O. The SMILES string of the molecule is N=C(N=C(C(N)=O)c1ccccn1)c1ccccn1. The van der Waals surface area contributed by atoms with E-state index < -0.39 is 5.91 Å². The lowest BCUT2D eigenvalue weighted by Gasteiger charge is -2.02. The standard InChI is InChI=1S/C13H11N5O/c14-12(10-6-2-4-8-17-10)18-11(13(15)19)9-5-1-3-7-16-9/h1-8,14H,(H2,15,19). The van der Waals surface area contributed by atoms with E-state index in [9.17, 15) is 4.79 Å². The predicted octanol–water partition coefficient (Wildman–Crippen LogP) is 0.777. The second-order valence-electron chi connectivity index (χ2n) is 3.60. The van der Waals surface area contributed by atoms with E-state index in [1.807, 2.05) is 0 Å². The molecule has 3 N–H and O–H groups in total. The van der Waals surface area contributed by atoms with Crippen LogP contribution in [0, 0.1) is 5.41 Å². The van der Waals surface area contributed by atoms with E-state index in [1.165, 1.54) is 6.20 Å². The van der Waals surface area contributed by atoms with Crippen molar-refractivity contribution in [1.29, 1.82) is 5.41 Å². The van der Waals surface area contributed by atoms with Gasteiger partial charge in [0, 0.05) is 12.4 Å². The molecule has 6 heteroatoms. The third-order valence-electron chi connectivity index (χ3n) is 2.27. The molecule has 0 aliphatic rings. The van der Waals surface area contributed by atoms with Gasteiger partial charge in [-0.1, -0.05) is 12.1 Å². The normalized spacial score (nSPS) is 11.1. The fraction of sp³-hybridized carbons (Fsp3) is 0. The van der Waals surface area contributed by atoms with Gasteiger partial charge < -0.3 is 5.73 Å². The fourth-order valence-corrected chi connectivity index (χ4v) is 1.41. The lowest BCUT2D eigenvalue weighted by atomic mass is 10.2. The van der Waals surface area contributed by atoms with Gasteiger partial charge in [0.15, 0.2) is 11.5 Å². The first-order chi connectivity index (χ1) is 9.18. The van der Waals surface area contributed by atoms with Crippen molar-refractivity contribution in [3.63, 3.8) is 0 Å². The van der Waals surface area contributed by atoms with Crippen molar-refractivity contribution in [2.45, 2.75) is 0 Å². The summed E-state index contributed by atoms with van der Waals surface area (Å²) in [4.78, 5) is 23.3. The molecule has 1 amide bonds. The highest BCUT2D eigenvalue weighted by molar-refractivity contribution is 6.46. The summed E-state index contributed by atoms with van der Waals surface area (Å²) in [5.74, 6) is -0.876. The summed E-state index contributed by atoms with van der Waals surface area (Å²) < 4.78 is 0. The van der Waals surface area contributed by atoms with Gasteiger partial charge in [0.25, 0.3) is 5.91 Å². The molecule has 19 heavy (non-hydrogen) atoms. The summed E-state index contributed by atoms with van der Waals surface area (Å²) in [7, 11) is 0. The van der Waals surface area contributed by atoms with Crippen molar-refractivity contribution in [2.24, 2.45) is 10.7 Å². The molecule has 0 aliphatic carbocycles. The third-order valence-corrected chi connectivity index (χ3v) is 2.27. The van der Waals surface area contributed by atoms with Gasteiger partial charge in [-0.25, -0.2) is 4.99 Å². The van der Waals surface area contributed by atoms with Gasteiger partial charge in [0.05, 0.1) is 5.69 Å². The molecule has 2 aromatic heterocycles. The Morgan fingerprint density at radius 3 is 2.11 bits per heavy atom. The molecule has 0 saturated heterocycles. The summed E-state index contributed by atoms with van der Waals surface area (Å²) in [5.41, 5.74) is 5.90. The number of amidine groups is 1. The molecule has 0 fully saturated rings. The highest BCUT2D eigenvalue weighted by atomic mass is 16.1. The predicted molar refractivity (Wildman–Crippen MR) is 71.0 cm³/mol. The quantitative estimate of drug-likeness (QED) is 0.623. The first kappa shape index (κ1) is 12.6. The molecule has 0 atom stereocenters. The maximum atomic E-state index is 11.4. The van der Waals surface area contributed by atoms with Gasteiger partial charge in [-0.3, -0.25) is 20.2 Å². The second-order valence-corrected chi connectivity index (χ2v) is 3.60. The summed E-state index contributed by atoms with van der Waals surface area (Å²) in [5, 5.41) is 7.82. The van der Waals surface area contributed by atoms with E-state index in [2.05, 4.69) is 15.0 Å². The zero-order chi connectivity index (χ0) is 13.7. The van der Waals surface area contributed by atoms with Crippen LogP contribution in [-0.2, 0) is 4.79 Å². The Morgan fingerprint density at radius 1 is 1.05 bits per heavy atom. The van der Waals surface area contributed by atoms with Crippen molar-refractivity contribution in [2.75, 3.05) is 0 Å². The van der Waals surface area contributed by atoms with E-state index in [1.54, 1.807) is 42.6 Å². The molecule has 2 aromatic rings. The van der Waals surface area contributed by atoms with Crippen molar-refractivity contribution in [3.8, 4) is 0 Å². The Morgan fingerprint density at radius 2 is 1.63 bits per heavy atom. The van der Waals surface area contributed by atoms with E-state index >= 15 is 0 Å². The number of hydrogen-bond donors (Lipinski definition) is 2. The minimum Gasteiger partial charge on any atom is -0.364 e. The number of aromatic nitrogens is 2. The average molecular weight is 253 g/mol. The number of carbonyl (C=O) groups excluding carboxylic acids is 1. The van der Waals surface area contributed by atoms with Gasteiger partial charge in [-0.2, -0.15) is 0 Å². The van der Waals surface area contributed by atoms with Gasteiger partial charge in [-0.15, -0.1) is 0 Å². The number of nitrogens with two attached hydrogens (primary N) is 1. The van der Waals surface area contributed by atoms with Crippen LogP contribution in [0.1, 0.15) is 11.4 Å². The molecule has 94 valence electrons. The van der Waals surface area contributed by atoms with E-state index in [0.717, 1.165) is 0 Å². The lowest BCUT2D eigenvalue weighted by Crippen LogP contribution is -2.26. The second kappa shape index (κ2) is 5.63. The lowest BCUT2D eigenvalue weighted by molar-refractivity contribution is -0.111. The smallest absolute Gasteiger partial charge is 0.269 e. The zero-order valence-electron chi connectivity index (χ0n) is 9.95. The van der Waals surface area contributed by atoms with Crippen LogP contribution in [-0.4, -0.2) is 27.4 Å². The molecule has 2 rings (SSSR count). The Kier molecular flexibility index (Phi) is 3.72.